The number of nitrogens with zero attached hydrogens (tertiary/aromatic N) is 3. The van der Waals surface area contributed by atoms with Crippen LogP contribution in [0.2, 0.25) is 5.02 Å². The van der Waals surface area contributed by atoms with E-state index in [4.69, 9.17) is 21.3 Å². The van der Waals surface area contributed by atoms with E-state index in [1.54, 1.807) is 36.7 Å². The second kappa shape index (κ2) is 9.28. The lowest BCUT2D eigenvalue weighted by atomic mass is 9.87. The lowest BCUT2D eigenvalue weighted by Gasteiger charge is -2.22. The maximum absolute atomic E-state index is 13.5. The van der Waals surface area contributed by atoms with Gasteiger partial charge in [0.15, 0.2) is 5.13 Å². The van der Waals surface area contributed by atoms with Crippen LogP contribution in [0.25, 0.3) is 16.0 Å². The Morgan fingerprint density at radius 2 is 1.92 bits per heavy atom. The van der Waals surface area contributed by atoms with Gasteiger partial charge in [-0.15, -0.1) is 0 Å². The molecule has 0 spiro atoms. The van der Waals surface area contributed by atoms with Crippen molar-refractivity contribution in [1.29, 1.82) is 0 Å². The predicted molar refractivity (Wildman–Crippen MR) is 145 cm³/mol. The monoisotopic (exact) mass is 533 g/mol. The topological polar surface area (TPSA) is 92.6 Å². The maximum Gasteiger partial charge on any atom is 0.301 e. The Hall–Kier alpha value is -3.75. The number of halogens is 1. The van der Waals surface area contributed by atoms with Crippen molar-refractivity contribution in [3.63, 3.8) is 0 Å². The number of anilines is 1. The number of ketones is 1. The molecule has 1 saturated heterocycles. The van der Waals surface area contributed by atoms with Gasteiger partial charge in [0.1, 0.15) is 11.5 Å². The van der Waals surface area contributed by atoms with Crippen molar-refractivity contribution >= 4 is 55.7 Å². The van der Waals surface area contributed by atoms with E-state index in [1.165, 1.54) is 29.4 Å². The van der Waals surface area contributed by atoms with Gasteiger partial charge >= 0.3 is 5.91 Å². The van der Waals surface area contributed by atoms with Crippen molar-refractivity contribution < 1.29 is 19.4 Å². The molecule has 188 valence electrons. The van der Waals surface area contributed by atoms with Gasteiger partial charge in [0.25, 0.3) is 5.78 Å². The minimum atomic E-state index is -0.944. The van der Waals surface area contributed by atoms with Crippen LogP contribution in [-0.4, -0.2) is 33.9 Å². The number of aliphatic hydroxyl groups excluding tert-OH is 1. The fourth-order valence-corrected chi connectivity index (χ4v) is 5.58. The van der Waals surface area contributed by atoms with Crippen molar-refractivity contribution in [2.24, 2.45) is 0 Å². The summed E-state index contributed by atoms with van der Waals surface area (Å²) in [6.45, 7) is 6.38. The van der Waals surface area contributed by atoms with Gasteiger partial charge in [0, 0.05) is 17.4 Å². The van der Waals surface area contributed by atoms with Crippen molar-refractivity contribution in [3.8, 4) is 5.75 Å². The maximum atomic E-state index is 13.5. The summed E-state index contributed by atoms with van der Waals surface area (Å²) in [5, 5.41) is 12.1. The van der Waals surface area contributed by atoms with Crippen molar-refractivity contribution in [1.82, 2.24) is 9.97 Å². The molecule has 1 N–H and O–H groups in total. The van der Waals surface area contributed by atoms with Crippen LogP contribution >= 0.6 is 22.9 Å². The van der Waals surface area contributed by atoms with Crippen LogP contribution in [0.1, 0.15) is 43.5 Å². The number of thiazole rings is 1. The highest BCUT2D eigenvalue weighted by Gasteiger charge is 2.48. The lowest BCUT2D eigenvalue weighted by Crippen LogP contribution is -2.29. The van der Waals surface area contributed by atoms with Crippen LogP contribution in [-0.2, 0) is 15.0 Å². The normalized spacial score (nSPS) is 17.5. The van der Waals surface area contributed by atoms with Gasteiger partial charge in [-0.1, -0.05) is 55.8 Å². The van der Waals surface area contributed by atoms with Crippen molar-refractivity contribution in [2.75, 3.05) is 12.0 Å². The van der Waals surface area contributed by atoms with Crippen LogP contribution in [0.3, 0.4) is 0 Å². The summed E-state index contributed by atoms with van der Waals surface area (Å²) in [6.07, 6.45) is 3.17. The zero-order valence-corrected chi connectivity index (χ0v) is 22.2. The number of carbonyl (C=O) groups excluding carboxylic acids is 2. The molecule has 0 aliphatic carbocycles. The van der Waals surface area contributed by atoms with Gasteiger partial charge in [-0.2, -0.15) is 0 Å². The number of methoxy groups -OCH3 is 1. The Morgan fingerprint density at radius 3 is 2.59 bits per heavy atom. The molecule has 9 heteroatoms. The summed E-state index contributed by atoms with van der Waals surface area (Å²) in [5.74, 6) is -1.69. The fourth-order valence-electron chi connectivity index (χ4n) is 4.38. The number of hydrogen-bond acceptors (Lipinski definition) is 7. The lowest BCUT2D eigenvalue weighted by molar-refractivity contribution is -0.132. The molecule has 4 aromatic rings. The first-order chi connectivity index (χ1) is 17.6. The quantitative estimate of drug-likeness (QED) is 0.188. The Morgan fingerprint density at radius 1 is 1.14 bits per heavy atom. The number of pyridine rings is 1. The van der Waals surface area contributed by atoms with E-state index in [1.807, 2.05) is 12.1 Å². The van der Waals surface area contributed by atoms with Gasteiger partial charge in [-0.3, -0.25) is 19.5 Å². The van der Waals surface area contributed by atoms with E-state index in [0.717, 1.165) is 15.8 Å². The van der Waals surface area contributed by atoms with Crippen LogP contribution in [0.4, 0.5) is 5.13 Å². The highest BCUT2D eigenvalue weighted by atomic mass is 35.5. The molecule has 0 saturated carbocycles. The molecule has 2 aromatic heterocycles. The van der Waals surface area contributed by atoms with E-state index >= 15 is 0 Å². The highest BCUT2D eigenvalue weighted by molar-refractivity contribution is 7.22. The zero-order valence-electron chi connectivity index (χ0n) is 20.7. The van der Waals surface area contributed by atoms with E-state index in [2.05, 4.69) is 31.8 Å². The molecule has 1 amide bonds. The third-order valence-electron chi connectivity index (χ3n) is 6.31. The Bertz CT molecular complexity index is 1570. The van der Waals surface area contributed by atoms with E-state index in [9.17, 15) is 14.7 Å². The summed E-state index contributed by atoms with van der Waals surface area (Å²) >= 11 is 7.51. The number of amides is 1. The fraction of sp³-hybridized carbons (Fsp3) is 0.214. The van der Waals surface area contributed by atoms with Gasteiger partial charge in [0.2, 0.25) is 0 Å². The summed E-state index contributed by atoms with van der Waals surface area (Å²) in [4.78, 5) is 37.1. The summed E-state index contributed by atoms with van der Waals surface area (Å²) < 4.78 is 6.28. The first kappa shape index (κ1) is 24.9. The number of benzene rings is 2. The molecule has 1 aliphatic heterocycles. The number of Topliss-reactive ketones (excluding diaryl/α,β-unsaturated/α-hetero) is 1. The van der Waals surface area contributed by atoms with E-state index in [0.29, 0.717) is 21.5 Å². The summed E-state index contributed by atoms with van der Waals surface area (Å²) in [6, 6.07) is 13.2. The number of carbonyl (C=O) groups is 2. The highest BCUT2D eigenvalue weighted by Crippen LogP contribution is 2.45. The van der Waals surface area contributed by atoms with Crippen molar-refractivity contribution in [3.05, 3.63) is 88.2 Å². The SMILES string of the molecule is COc1ccc(Cl)cc1/C(O)=C1\C(=O)C(=O)N(c2nc3ccc(C(C)(C)C)cc3s2)C1c1cccnc1. The third kappa shape index (κ3) is 4.36. The molecule has 1 atom stereocenters. The standard InChI is InChI=1S/C28H24ClN3O4S/c1-28(2,3)16-7-9-19-21(12-16)37-27(31-19)32-23(15-6-5-11-30-14-15)22(25(34)26(32)35)24(33)18-13-17(29)8-10-20(18)36-4/h5-14,23,33H,1-4H3/b24-22+. The second-order valence-corrected chi connectivity index (χ2v) is 11.2. The number of hydrogen-bond donors (Lipinski definition) is 1. The second-order valence-electron chi connectivity index (χ2n) is 9.73. The first-order valence-corrected chi connectivity index (χ1v) is 12.8. The Labute approximate surface area is 223 Å². The molecule has 37 heavy (non-hydrogen) atoms. The van der Waals surface area contributed by atoms with E-state index in [-0.39, 0.29) is 22.3 Å². The molecular weight excluding hydrogens is 510 g/mol. The number of aromatic nitrogens is 2. The average molecular weight is 534 g/mol. The van der Waals surface area contributed by atoms with Crippen LogP contribution in [0.15, 0.2) is 66.5 Å². The summed E-state index contributed by atoms with van der Waals surface area (Å²) in [7, 11) is 1.45. The molecule has 0 bridgehead atoms. The molecule has 1 aliphatic rings. The molecular formula is C28H24ClN3O4S. The Kier molecular flexibility index (Phi) is 6.25. The predicted octanol–water partition coefficient (Wildman–Crippen LogP) is 6.28. The van der Waals surface area contributed by atoms with Crippen LogP contribution < -0.4 is 9.64 Å². The molecule has 2 aromatic carbocycles. The number of fused-ring (bicyclic) bond motifs is 1. The zero-order chi connectivity index (χ0) is 26.5. The number of ether oxygens (including phenoxy) is 1. The Balaban J connectivity index is 1.72. The minimum absolute atomic E-state index is 0.0618. The molecule has 3 heterocycles. The van der Waals surface area contributed by atoms with Crippen LogP contribution in [0.5, 0.6) is 5.75 Å². The summed E-state index contributed by atoms with van der Waals surface area (Å²) in [5.41, 5.74) is 2.46. The van der Waals surface area contributed by atoms with Crippen molar-refractivity contribution in [2.45, 2.75) is 32.2 Å². The molecule has 1 fully saturated rings. The molecule has 1 unspecified atom stereocenters. The smallest absolute Gasteiger partial charge is 0.301 e. The minimum Gasteiger partial charge on any atom is -0.507 e. The number of aliphatic hydroxyl groups is 1. The average Bonchev–Trinajstić information content (AvgIpc) is 3.41. The first-order valence-electron chi connectivity index (χ1n) is 11.6. The molecule has 0 radical (unpaired) electrons. The van der Waals surface area contributed by atoms with Gasteiger partial charge in [0.05, 0.1) is 34.5 Å². The van der Waals surface area contributed by atoms with Crippen LogP contribution in [0, 0.1) is 0 Å². The van der Waals surface area contributed by atoms with E-state index < -0.39 is 17.7 Å². The number of rotatable bonds is 4. The van der Waals surface area contributed by atoms with Gasteiger partial charge in [-0.05, 0) is 52.9 Å². The van der Waals surface area contributed by atoms with Gasteiger partial charge in [-0.25, -0.2) is 4.98 Å². The third-order valence-corrected chi connectivity index (χ3v) is 7.56. The largest absolute Gasteiger partial charge is 0.507 e. The molecule has 5 rings (SSSR count). The van der Waals surface area contributed by atoms with Gasteiger partial charge < -0.3 is 9.84 Å². The molecule has 7 nitrogen and oxygen atoms in total.